The number of benzene rings is 2. The van der Waals surface area contributed by atoms with Gasteiger partial charge in [-0.3, -0.25) is 4.79 Å². The number of carbonyl (C=O) groups is 2. The summed E-state index contributed by atoms with van der Waals surface area (Å²) in [7, 11) is 1.29. The molecule has 3 rings (SSSR count). The van der Waals surface area contributed by atoms with Crippen molar-refractivity contribution >= 4 is 55.2 Å². The number of hydrogen-bond acceptors (Lipinski definition) is 5. The maximum Gasteiger partial charge on any atom is 0.343 e. The van der Waals surface area contributed by atoms with Gasteiger partial charge in [0.15, 0.2) is 12.4 Å². The first-order valence-corrected chi connectivity index (χ1v) is 10.8. The molecule has 1 aliphatic heterocycles. The number of halogens is 3. The molecule has 0 saturated heterocycles. The summed E-state index contributed by atoms with van der Waals surface area (Å²) in [5, 5.41) is 1.03. The Bertz CT molecular complexity index is 916. The van der Waals surface area contributed by atoms with E-state index in [-0.39, 0.29) is 18.3 Å². The Hall–Kier alpha value is -1.57. The maximum absolute atomic E-state index is 13.0. The average molecular weight is 533 g/mol. The Kier molecular flexibility index (Phi) is 7.01. The van der Waals surface area contributed by atoms with E-state index in [4.69, 9.17) is 21.1 Å². The molecule has 2 aromatic carbocycles. The predicted molar refractivity (Wildman–Crippen MR) is 113 cm³/mol. The van der Waals surface area contributed by atoms with Crippen molar-refractivity contribution in [3.05, 3.63) is 56.5 Å². The number of methoxy groups -OCH3 is 1. The fourth-order valence-electron chi connectivity index (χ4n) is 2.95. The number of ketones is 1. The molecule has 0 saturated carbocycles. The normalized spacial score (nSPS) is 15.6. The zero-order valence-electron chi connectivity index (χ0n) is 15.0. The van der Waals surface area contributed by atoms with Crippen LogP contribution < -0.4 is 9.47 Å². The van der Waals surface area contributed by atoms with Crippen LogP contribution in [0, 0.1) is 5.92 Å². The molecule has 0 spiro atoms. The minimum absolute atomic E-state index is 0.0386. The molecule has 0 bridgehead atoms. The van der Waals surface area contributed by atoms with Gasteiger partial charge in [0.25, 0.3) is 0 Å². The summed E-state index contributed by atoms with van der Waals surface area (Å²) in [6.07, 6.45) is 0.472. The molecule has 0 radical (unpaired) electrons. The highest BCUT2D eigenvalue weighted by Crippen LogP contribution is 2.37. The third-order valence-electron chi connectivity index (χ3n) is 4.37. The van der Waals surface area contributed by atoms with Gasteiger partial charge >= 0.3 is 5.97 Å². The summed E-state index contributed by atoms with van der Waals surface area (Å²) >= 11 is 13.0. The van der Waals surface area contributed by atoms with Gasteiger partial charge in [-0.2, -0.15) is 0 Å². The first-order chi connectivity index (χ1) is 13.4. The number of alkyl halides is 1. The van der Waals surface area contributed by atoms with Crippen molar-refractivity contribution in [2.75, 3.05) is 20.3 Å². The van der Waals surface area contributed by atoms with Crippen molar-refractivity contribution < 1.29 is 23.8 Å². The number of fused-ring (bicyclic) bond motifs is 1. The third-order valence-corrected chi connectivity index (χ3v) is 5.92. The van der Waals surface area contributed by atoms with Crippen LogP contribution in [0.25, 0.3) is 0 Å². The van der Waals surface area contributed by atoms with Crippen molar-refractivity contribution in [3.63, 3.8) is 0 Å². The Morgan fingerprint density at radius 2 is 2.07 bits per heavy atom. The SMILES string of the molecule is COC(=O)COc1cc(CC2COc3c(Br)cc(CBr)cc3C2=O)ccc1Cl. The summed E-state index contributed by atoms with van der Waals surface area (Å²) in [6, 6.07) is 9.05. The second kappa shape index (κ2) is 9.29. The highest BCUT2D eigenvalue weighted by atomic mass is 79.9. The monoisotopic (exact) mass is 530 g/mol. The van der Waals surface area contributed by atoms with Crippen LogP contribution in [0.1, 0.15) is 21.5 Å². The van der Waals surface area contributed by atoms with Crippen LogP contribution in [0.5, 0.6) is 11.5 Å². The molecule has 5 nitrogen and oxygen atoms in total. The van der Waals surface area contributed by atoms with Gasteiger partial charge in [-0.05, 0) is 57.7 Å². The zero-order valence-corrected chi connectivity index (χ0v) is 18.9. The lowest BCUT2D eigenvalue weighted by atomic mass is 9.89. The molecular weight excluding hydrogens is 515 g/mol. The van der Waals surface area contributed by atoms with Gasteiger partial charge in [-0.1, -0.05) is 33.6 Å². The second-order valence-electron chi connectivity index (χ2n) is 6.29. The van der Waals surface area contributed by atoms with E-state index in [0.29, 0.717) is 40.4 Å². The molecule has 28 heavy (non-hydrogen) atoms. The largest absolute Gasteiger partial charge is 0.491 e. The van der Waals surface area contributed by atoms with E-state index in [2.05, 4.69) is 36.6 Å². The number of esters is 1. The number of ether oxygens (including phenoxy) is 3. The molecule has 1 unspecified atom stereocenters. The third kappa shape index (κ3) is 4.70. The van der Waals surface area contributed by atoms with Crippen molar-refractivity contribution in [1.82, 2.24) is 0 Å². The number of hydrogen-bond donors (Lipinski definition) is 0. The highest BCUT2D eigenvalue weighted by Gasteiger charge is 2.31. The van der Waals surface area contributed by atoms with Gasteiger partial charge in [-0.25, -0.2) is 4.79 Å². The minimum Gasteiger partial charge on any atom is -0.491 e. The highest BCUT2D eigenvalue weighted by molar-refractivity contribution is 9.10. The predicted octanol–water partition coefficient (Wildman–Crippen LogP) is 4.98. The first kappa shape index (κ1) is 21.1. The topological polar surface area (TPSA) is 61.8 Å². The number of Topliss-reactive ketones (excluding diaryl/α,β-unsaturated/α-hetero) is 1. The molecular formula is C20H17Br2ClO5. The van der Waals surface area contributed by atoms with Crippen LogP contribution >= 0.6 is 43.5 Å². The summed E-state index contributed by atoms with van der Waals surface area (Å²) in [5.41, 5.74) is 2.44. The second-order valence-corrected chi connectivity index (χ2v) is 8.12. The van der Waals surface area contributed by atoms with Crippen molar-refractivity contribution in [2.45, 2.75) is 11.8 Å². The zero-order chi connectivity index (χ0) is 20.3. The van der Waals surface area contributed by atoms with E-state index >= 15 is 0 Å². The standard InChI is InChI=1S/C20H17Br2ClO5/c1-26-18(24)10-27-17-7-11(2-3-16(17)23)4-13-9-28-20-14(19(13)25)5-12(8-21)6-15(20)22/h2-3,5-7,13H,4,8-10H2,1H3. The van der Waals surface area contributed by atoms with Crippen LogP contribution in [0.2, 0.25) is 5.02 Å². The summed E-state index contributed by atoms with van der Waals surface area (Å²) in [5.74, 6) is 0.182. The fraction of sp³-hybridized carbons (Fsp3) is 0.300. The van der Waals surface area contributed by atoms with Gasteiger partial charge in [-0.15, -0.1) is 0 Å². The van der Waals surface area contributed by atoms with Crippen molar-refractivity contribution in [2.24, 2.45) is 5.92 Å². The molecule has 1 atom stereocenters. The summed E-state index contributed by atoms with van der Waals surface area (Å²) < 4.78 is 16.6. The van der Waals surface area contributed by atoms with Crippen molar-refractivity contribution in [3.8, 4) is 11.5 Å². The van der Waals surface area contributed by atoms with Gasteiger partial charge in [0, 0.05) is 5.33 Å². The Balaban J connectivity index is 1.78. The van der Waals surface area contributed by atoms with E-state index in [9.17, 15) is 9.59 Å². The molecule has 148 valence electrons. The summed E-state index contributed by atoms with van der Waals surface area (Å²) in [6.45, 7) is 0.0565. The molecule has 8 heteroatoms. The van der Waals surface area contributed by atoms with Crippen LogP contribution in [0.3, 0.4) is 0 Å². The van der Waals surface area contributed by atoms with Crippen LogP contribution in [0.4, 0.5) is 0 Å². The van der Waals surface area contributed by atoms with E-state index in [1.54, 1.807) is 12.1 Å². The Morgan fingerprint density at radius 3 is 2.79 bits per heavy atom. The number of carbonyl (C=O) groups excluding carboxylic acids is 2. The molecule has 1 heterocycles. The van der Waals surface area contributed by atoms with Crippen LogP contribution in [-0.4, -0.2) is 32.1 Å². The smallest absolute Gasteiger partial charge is 0.343 e. The van der Waals surface area contributed by atoms with E-state index in [0.717, 1.165) is 15.6 Å². The maximum atomic E-state index is 13.0. The van der Waals surface area contributed by atoms with Gasteiger partial charge in [0.05, 0.1) is 34.7 Å². The molecule has 0 aliphatic carbocycles. The Morgan fingerprint density at radius 1 is 1.29 bits per heavy atom. The van der Waals surface area contributed by atoms with Crippen LogP contribution in [-0.2, 0) is 21.3 Å². The molecule has 2 aromatic rings. The Labute approximate surface area is 184 Å². The van der Waals surface area contributed by atoms with E-state index < -0.39 is 5.97 Å². The minimum atomic E-state index is -0.498. The molecule has 0 N–H and O–H groups in total. The molecule has 0 amide bonds. The molecule has 0 fully saturated rings. The summed E-state index contributed by atoms with van der Waals surface area (Å²) in [4.78, 5) is 24.3. The lowest BCUT2D eigenvalue weighted by molar-refractivity contribution is -0.142. The fourth-order valence-corrected chi connectivity index (χ4v) is 4.07. The van der Waals surface area contributed by atoms with Crippen molar-refractivity contribution in [1.29, 1.82) is 0 Å². The first-order valence-electron chi connectivity index (χ1n) is 8.46. The quantitative estimate of drug-likeness (QED) is 0.388. The number of rotatable bonds is 6. The lowest BCUT2D eigenvalue weighted by Gasteiger charge is -2.25. The van der Waals surface area contributed by atoms with Gasteiger partial charge in [0.1, 0.15) is 11.5 Å². The molecule has 1 aliphatic rings. The molecule has 0 aromatic heterocycles. The van der Waals surface area contributed by atoms with Crippen LogP contribution in [0.15, 0.2) is 34.8 Å². The van der Waals surface area contributed by atoms with E-state index in [1.165, 1.54) is 7.11 Å². The van der Waals surface area contributed by atoms with E-state index in [1.807, 2.05) is 18.2 Å². The lowest BCUT2D eigenvalue weighted by Crippen LogP contribution is -2.30. The average Bonchev–Trinajstić information content (AvgIpc) is 2.70. The van der Waals surface area contributed by atoms with Gasteiger partial charge < -0.3 is 14.2 Å². The van der Waals surface area contributed by atoms with Gasteiger partial charge in [0.2, 0.25) is 0 Å².